The maximum atomic E-state index is 12.9. The fourth-order valence-corrected chi connectivity index (χ4v) is 4.18. The van der Waals surface area contributed by atoms with Crippen molar-refractivity contribution in [3.8, 4) is 11.4 Å². The summed E-state index contributed by atoms with van der Waals surface area (Å²) in [5, 5.41) is 4.77. The Hall–Kier alpha value is -3.28. The summed E-state index contributed by atoms with van der Waals surface area (Å²) in [5.74, 6) is 0.863. The van der Waals surface area contributed by atoms with E-state index < -0.39 is 0 Å². The van der Waals surface area contributed by atoms with Crippen molar-refractivity contribution in [2.24, 2.45) is 0 Å². The van der Waals surface area contributed by atoms with Crippen molar-refractivity contribution in [1.82, 2.24) is 14.7 Å². The molecule has 6 nitrogen and oxygen atoms in total. The molecule has 0 aliphatic carbocycles. The van der Waals surface area contributed by atoms with Crippen molar-refractivity contribution in [3.05, 3.63) is 71.5 Å². The lowest BCUT2D eigenvalue weighted by molar-refractivity contribution is 0.0746. The number of ether oxygens (including phenoxy) is 1. The highest BCUT2D eigenvalue weighted by molar-refractivity contribution is 5.94. The topological polar surface area (TPSA) is 50.6 Å². The third kappa shape index (κ3) is 4.43. The zero-order chi connectivity index (χ0) is 22.0. The van der Waals surface area contributed by atoms with Crippen LogP contribution in [0.4, 0.5) is 5.69 Å². The van der Waals surface area contributed by atoms with Crippen LogP contribution >= 0.6 is 0 Å². The van der Waals surface area contributed by atoms with Gasteiger partial charge in [-0.2, -0.15) is 5.10 Å². The van der Waals surface area contributed by atoms with Crippen LogP contribution in [0.3, 0.4) is 0 Å². The summed E-state index contributed by atoms with van der Waals surface area (Å²) in [6.45, 7) is 11.1. The molecule has 3 aromatic rings. The highest BCUT2D eigenvalue weighted by Gasteiger charge is 2.26. The van der Waals surface area contributed by atoms with Gasteiger partial charge in [0.05, 0.1) is 28.9 Å². The van der Waals surface area contributed by atoms with Gasteiger partial charge in [-0.3, -0.25) is 4.79 Å². The van der Waals surface area contributed by atoms with E-state index in [0.717, 1.165) is 35.9 Å². The molecule has 0 bridgehead atoms. The second-order valence-corrected chi connectivity index (χ2v) is 8.24. The predicted octanol–water partition coefficient (Wildman–Crippen LogP) is 4.24. The van der Waals surface area contributed by atoms with Crippen LogP contribution < -0.4 is 9.64 Å². The number of para-hydroxylation sites is 1. The second kappa shape index (κ2) is 8.84. The van der Waals surface area contributed by atoms with Crippen molar-refractivity contribution in [1.29, 1.82) is 0 Å². The molecule has 31 heavy (non-hydrogen) atoms. The summed E-state index contributed by atoms with van der Waals surface area (Å²) in [5.41, 5.74) is 5.08. The SMILES string of the molecule is Cc1nn(-c2ccccc2)c(C)c1N1CCN(C(=O)c2ccc(OC(C)C)cc2)CC1. The third-order valence-corrected chi connectivity index (χ3v) is 5.61. The standard InChI is InChI=1S/C25H30N4O2/c1-18(2)31-23-12-10-21(11-13-23)25(30)28-16-14-27(15-17-28)24-19(3)26-29(20(24)4)22-8-6-5-7-9-22/h5-13,18H,14-17H2,1-4H3. The van der Waals surface area contributed by atoms with Gasteiger partial charge in [0.2, 0.25) is 0 Å². The summed E-state index contributed by atoms with van der Waals surface area (Å²) in [6, 6.07) is 17.6. The minimum atomic E-state index is 0.0733. The molecule has 2 aromatic carbocycles. The molecule has 0 N–H and O–H groups in total. The monoisotopic (exact) mass is 418 g/mol. The van der Waals surface area contributed by atoms with E-state index in [4.69, 9.17) is 9.84 Å². The summed E-state index contributed by atoms with van der Waals surface area (Å²) in [7, 11) is 0. The molecule has 1 amide bonds. The molecular weight excluding hydrogens is 388 g/mol. The molecule has 1 fully saturated rings. The number of aryl methyl sites for hydroxylation is 1. The Morgan fingerprint density at radius 1 is 0.935 bits per heavy atom. The molecular formula is C25H30N4O2. The summed E-state index contributed by atoms with van der Waals surface area (Å²) in [4.78, 5) is 17.2. The van der Waals surface area contributed by atoms with E-state index in [-0.39, 0.29) is 12.0 Å². The molecule has 0 radical (unpaired) electrons. The number of anilines is 1. The maximum Gasteiger partial charge on any atom is 0.253 e. The Morgan fingerprint density at radius 3 is 2.19 bits per heavy atom. The van der Waals surface area contributed by atoms with Gasteiger partial charge >= 0.3 is 0 Å². The molecule has 1 saturated heterocycles. The molecule has 1 aromatic heterocycles. The smallest absolute Gasteiger partial charge is 0.253 e. The Kier molecular flexibility index (Phi) is 5.98. The van der Waals surface area contributed by atoms with Gasteiger partial charge in [-0.15, -0.1) is 0 Å². The van der Waals surface area contributed by atoms with Crippen LogP contribution in [0, 0.1) is 13.8 Å². The van der Waals surface area contributed by atoms with Gasteiger partial charge in [-0.1, -0.05) is 18.2 Å². The minimum absolute atomic E-state index is 0.0733. The van der Waals surface area contributed by atoms with Crippen LogP contribution in [0.1, 0.15) is 35.6 Å². The van der Waals surface area contributed by atoms with Gasteiger partial charge in [0.15, 0.2) is 0 Å². The zero-order valence-electron chi connectivity index (χ0n) is 18.7. The molecule has 162 valence electrons. The number of rotatable bonds is 5. The van der Waals surface area contributed by atoms with Gasteiger partial charge in [0, 0.05) is 31.7 Å². The number of amides is 1. The van der Waals surface area contributed by atoms with Crippen LogP contribution in [0.15, 0.2) is 54.6 Å². The first-order valence-corrected chi connectivity index (χ1v) is 10.9. The van der Waals surface area contributed by atoms with Crippen molar-refractivity contribution >= 4 is 11.6 Å². The van der Waals surface area contributed by atoms with Gasteiger partial charge in [0.25, 0.3) is 5.91 Å². The number of aromatic nitrogens is 2. The quantitative estimate of drug-likeness (QED) is 0.622. The normalized spacial score (nSPS) is 14.2. The minimum Gasteiger partial charge on any atom is -0.491 e. The first-order valence-electron chi connectivity index (χ1n) is 10.9. The number of hydrogen-bond acceptors (Lipinski definition) is 4. The first kappa shape index (κ1) is 21.0. The van der Waals surface area contributed by atoms with Crippen molar-refractivity contribution in [2.45, 2.75) is 33.8 Å². The number of carbonyl (C=O) groups excluding carboxylic acids is 1. The van der Waals surface area contributed by atoms with Crippen LogP contribution in [-0.2, 0) is 0 Å². The van der Waals surface area contributed by atoms with E-state index in [9.17, 15) is 4.79 Å². The van der Waals surface area contributed by atoms with Crippen LogP contribution in [0.25, 0.3) is 5.69 Å². The van der Waals surface area contributed by atoms with E-state index in [2.05, 4.69) is 30.9 Å². The van der Waals surface area contributed by atoms with Crippen molar-refractivity contribution < 1.29 is 9.53 Å². The van der Waals surface area contributed by atoms with Crippen LogP contribution in [0.5, 0.6) is 5.75 Å². The van der Waals surface area contributed by atoms with Crippen molar-refractivity contribution in [2.75, 3.05) is 31.1 Å². The highest BCUT2D eigenvalue weighted by atomic mass is 16.5. The van der Waals surface area contributed by atoms with Crippen LogP contribution in [-0.4, -0.2) is 52.9 Å². The van der Waals surface area contributed by atoms with Crippen LogP contribution in [0.2, 0.25) is 0 Å². The largest absolute Gasteiger partial charge is 0.491 e. The number of hydrogen-bond donors (Lipinski definition) is 0. The second-order valence-electron chi connectivity index (χ2n) is 8.24. The van der Waals surface area contributed by atoms with Crippen molar-refractivity contribution in [3.63, 3.8) is 0 Å². The van der Waals surface area contributed by atoms with Gasteiger partial charge < -0.3 is 14.5 Å². The lowest BCUT2D eigenvalue weighted by Crippen LogP contribution is -2.49. The molecule has 6 heteroatoms. The third-order valence-electron chi connectivity index (χ3n) is 5.61. The number of carbonyl (C=O) groups is 1. The van der Waals surface area contributed by atoms with Gasteiger partial charge in [-0.05, 0) is 64.1 Å². The maximum absolute atomic E-state index is 12.9. The molecule has 1 aliphatic rings. The summed E-state index contributed by atoms with van der Waals surface area (Å²) in [6.07, 6.45) is 0.118. The van der Waals surface area contributed by atoms with E-state index in [1.54, 1.807) is 0 Å². The zero-order valence-corrected chi connectivity index (χ0v) is 18.7. The average Bonchev–Trinajstić information content (AvgIpc) is 3.08. The molecule has 0 spiro atoms. The Labute approximate surface area is 184 Å². The highest BCUT2D eigenvalue weighted by Crippen LogP contribution is 2.28. The van der Waals surface area contributed by atoms with E-state index >= 15 is 0 Å². The Morgan fingerprint density at radius 2 is 1.58 bits per heavy atom. The molecule has 4 rings (SSSR count). The summed E-state index contributed by atoms with van der Waals surface area (Å²) >= 11 is 0. The lowest BCUT2D eigenvalue weighted by atomic mass is 10.1. The average molecular weight is 419 g/mol. The fraction of sp³-hybridized carbons (Fsp3) is 0.360. The number of nitrogens with zero attached hydrogens (tertiary/aromatic N) is 4. The van der Waals surface area contributed by atoms with E-state index in [1.165, 1.54) is 5.69 Å². The molecule has 0 saturated carbocycles. The van der Waals surface area contributed by atoms with Gasteiger partial charge in [-0.25, -0.2) is 4.68 Å². The Bertz CT molecular complexity index is 1030. The van der Waals surface area contributed by atoms with E-state index in [0.29, 0.717) is 18.7 Å². The summed E-state index contributed by atoms with van der Waals surface area (Å²) < 4.78 is 7.68. The molecule has 0 atom stereocenters. The first-order chi connectivity index (χ1) is 14.9. The number of benzene rings is 2. The van der Waals surface area contributed by atoms with Gasteiger partial charge in [0.1, 0.15) is 5.75 Å². The fourth-order valence-electron chi connectivity index (χ4n) is 4.18. The van der Waals surface area contributed by atoms with E-state index in [1.807, 2.05) is 65.9 Å². The Balaban J connectivity index is 1.43. The molecule has 0 unspecified atom stereocenters. The lowest BCUT2D eigenvalue weighted by Gasteiger charge is -2.36. The molecule has 2 heterocycles. The predicted molar refractivity (Wildman–Crippen MR) is 123 cm³/mol. The molecule has 1 aliphatic heterocycles. The number of piperazine rings is 1.